The number of amides is 1. The fourth-order valence-corrected chi connectivity index (χ4v) is 4.60. The third-order valence-corrected chi connectivity index (χ3v) is 6.62. The Balaban J connectivity index is 1.72. The molecule has 166 valence electrons. The maximum atomic E-state index is 12.9. The number of hydrogen-bond acceptors (Lipinski definition) is 7. The fraction of sp³-hybridized carbons (Fsp3) is 0.273. The number of sulfone groups is 1. The van der Waals surface area contributed by atoms with E-state index in [0.29, 0.717) is 5.69 Å². The van der Waals surface area contributed by atoms with Gasteiger partial charge in [-0.3, -0.25) is 19.9 Å². The minimum absolute atomic E-state index is 0.114. The van der Waals surface area contributed by atoms with Crippen molar-refractivity contribution in [2.75, 3.05) is 29.6 Å². The molecule has 0 atom stereocenters. The van der Waals surface area contributed by atoms with E-state index < -0.39 is 26.4 Å². The van der Waals surface area contributed by atoms with Gasteiger partial charge in [-0.05, 0) is 43.5 Å². The first-order valence-electron chi connectivity index (χ1n) is 10.2. The SMILES string of the molecule is CS(=O)(=O)c1cc(C(=O)Nc2ccc(N3CCCCC3)c3ccncc23)cc([N+](=O)[O-])c1. The molecule has 1 aliphatic rings. The fourth-order valence-electron chi connectivity index (χ4n) is 3.92. The number of nitro groups is 1. The van der Waals surface area contributed by atoms with Crippen molar-refractivity contribution < 1.29 is 18.1 Å². The molecular weight excluding hydrogens is 432 g/mol. The predicted molar refractivity (Wildman–Crippen MR) is 122 cm³/mol. The number of benzene rings is 2. The zero-order valence-corrected chi connectivity index (χ0v) is 18.3. The van der Waals surface area contributed by atoms with Crippen molar-refractivity contribution in [2.24, 2.45) is 0 Å². The van der Waals surface area contributed by atoms with E-state index in [2.05, 4.69) is 15.2 Å². The van der Waals surface area contributed by atoms with E-state index in [-0.39, 0.29) is 10.5 Å². The number of nitrogens with one attached hydrogen (secondary N) is 1. The lowest BCUT2D eigenvalue weighted by molar-refractivity contribution is -0.385. The lowest BCUT2D eigenvalue weighted by atomic mass is 10.0. The van der Waals surface area contributed by atoms with Crippen molar-refractivity contribution >= 4 is 43.6 Å². The molecule has 1 fully saturated rings. The molecule has 0 saturated carbocycles. The largest absolute Gasteiger partial charge is 0.371 e. The number of rotatable bonds is 5. The molecular formula is C22H22N4O5S. The van der Waals surface area contributed by atoms with Gasteiger partial charge in [0.05, 0.1) is 15.5 Å². The van der Waals surface area contributed by atoms with Gasteiger partial charge >= 0.3 is 0 Å². The first-order chi connectivity index (χ1) is 15.2. The summed E-state index contributed by atoms with van der Waals surface area (Å²) in [6.07, 6.45) is 7.75. The van der Waals surface area contributed by atoms with Crippen LogP contribution in [0.25, 0.3) is 10.8 Å². The quantitative estimate of drug-likeness (QED) is 0.460. The normalized spacial score (nSPS) is 14.3. The van der Waals surface area contributed by atoms with Crippen molar-refractivity contribution in [3.05, 3.63) is 64.5 Å². The Hall–Kier alpha value is -3.53. The Kier molecular flexibility index (Phi) is 5.79. The van der Waals surface area contributed by atoms with Crippen LogP contribution in [-0.4, -0.2) is 43.6 Å². The number of non-ortho nitro benzene ring substituents is 1. The van der Waals surface area contributed by atoms with E-state index in [4.69, 9.17) is 0 Å². The summed E-state index contributed by atoms with van der Waals surface area (Å²) >= 11 is 0. The monoisotopic (exact) mass is 454 g/mol. The molecule has 0 unspecified atom stereocenters. The maximum Gasteiger partial charge on any atom is 0.271 e. The van der Waals surface area contributed by atoms with Crippen LogP contribution in [-0.2, 0) is 9.84 Å². The van der Waals surface area contributed by atoms with Crippen molar-refractivity contribution in [3.63, 3.8) is 0 Å². The summed E-state index contributed by atoms with van der Waals surface area (Å²) in [5.74, 6) is -0.644. The van der Waals surface area contributed by atoms with Gasteiger partial charge in [-0.2, -0.15) is 0 Å². The second kappa shape index (κ2) is 8.54. The van der Waals surface area contributed by atoms with Crippen LogP contribution in [0.3, 0.4) is 0 Å². The molecule has 2 aromatic carbocycles. The Bertz CT molecular complexity index is 1320. The molecule has 0 spiro atoms. The number of nitrogens with zero attached hydrogens (tertiary/aromatic N) is 3. The zero-order valence-electron chi connectivity index (χ0n) is 17.4. The summed E-state index contributed by atoms with van der Waals surface area (Å²) in [4.78, 5) is 29.7. The summed E-state index contributed by atoms with van der Waals surface area (Å²) in [6.45, 7) is 1.93. The number of carbonyl (C=O) groups excluding carboxylic acids is 1. The van der Waals surface area contributed by atoms with E-state index in [1.165, 1.54) is 6.42 Å². The van der Waals surface area contributed by atoms with Crippen LogP contribution < -0.4 is 10.2 Å². The van der Waals surface area contributed by atoms with Crippen LogP contribution in [0.1, 0.15) is 29.6 Å². The highest BCUT2D eigenvalue weighted by atomic mass is 32.2. The molecule has 2 heterocycles. The zero-order chi connectivity index (χ0) is 22.9. The van der Waals surface area contributed by atoms with Crippen LogP contribution >= 0.6 is 0 Å². The number of anilines is 2. The summed E-state index contributed by atoms with van der Waals surface area (Å²) in [5, 5.41) is 15.7. The van der Waals surface area contributed by atoms with Crippen molar-refractivity contribution in [3.8, 4) is 0 Å². The van der Waals surface area contributed by atoms with Crippen molar-refractivity contribution in [2.45, 2.75) is 24.2 Å². The minimum atomic E-state index is -3.74. The number of carbonyl (C=O) groups is 1. The van der Waals surface area contributed by atoms with Gasteiger partial charge in [-0.1, -0.05) is 0 Å². The van der Waals surface area contributed by atoms with E-state index in [1.807, 2.05) is 12.1 Å². The molecule has 9 nitrogen and oxygen atoms in total. The Morgan fingerprint density at radius 1 is 1.09 bits per heavy atom. The molecule has 1 N–H and O–H groups in total. The van der Waals surface area contributed by atoms with Gasteiger partial charge in [0.2, 0.25) is 0 Å². The lowest BCUT2D eigenvalue weighted by Crippen LogP contribution is -2.29. The Morgan fingerprint density at radius 3 is 2.53 bits per heavy atom. The second-order valence-electron chi connectivity index (χ2n) is 7.80. The van der Waals surface area contributed by atoms with Gasteiger partial charge in [-0.15, -0.1) is 0 Å². The molecule has 4 rings (SSSR count). The Morgan fingerprint density at radius 2 is 1.84 bits per heavy atom. The number of pyridine rings is 1. The molecule has 32 heavy (non-hydrogen) atoms. The number of nitro benzene ring substituents is 1. The highest BCUT2D eigenvalue weighted by Crippen LogP contribution is 2.33. The summed E-state index contributed by atoms with van der Waals surface area (Å²) < 4.78 is 23.9. The highest BCUT2D eigenvalue weighted by molar-refractivity contribution is 7.90. The number of aromatic nitrogens is 1. The van der Waals surface area contributed by atoms with Gasteiger partial charge in [0, 0.05) is 65.9 Å². The molecule has 1 aliphatic heterocycles. The summed E-state index contributed by atoms with van der Waals surface area (Å²) in [7, 11) is -3.74. The van der Waals surface area contributed by atoms with Crippen LogP contribution in [0.15, 0.2) is 53.7 Å². The van der Waals surface area contributed by atoms with Gasteiger partial charge in [0.15, 0.2) is 9.84 Å². The molecule has 0 aliphatic carbocycles. The van der Waals surface area contributed by atoms with E-state index in [0.717, 1.165) is 66.8 Å². The average Bonchev–Trinajstić information content (AvgIpc) is 2.79. The second-order valence-corrected chi connectivity index (χ2v) is 9.82. The molecule has 3 aromatic rings. The lowest BCUT2D eigenvalue weighted by Gasteiger charge is -2.30. The molecule has 1 aromatic heterocycles. The van der Waals surface area contributed by atoms with Gasteiger partial charge in [0.25, 0.3) is 11.6 Å². The van der Waals surface area contributed by atoms with E-state index in [9.17, 15) is 23.3 Å². The summed E-state index contributed by atoms with van der Waals surface area (Å²) in [6, 6.07) is 8.76. The number of piperidine rings is 1. The number of fused-ring (bicyclic) bond motifs is 1. The summed E-state index contributed by atoms with van der Waals surface area (Å²) in [5.41, 5.74) is 0.975. The first kappa shape index (κ1) is 21.7. The minimum Gasteiger partial charge on any atom is -0.371 e. The maximum absolute atomic E-state index is 12.9. The van der Waals surface area contributed by atoms with Crippen molar-refractivity contribution in [1.29, 1.82) is 0 Å². The Labute approximate surface area is 185 Å². The third-order valence-electron chi connectivity index (χ3n) is 5.53. The van der Waals surface area contributed by atoms with Gasteiger partial charge < -0.3 is 10.2 Å². The molecule has 10 heteroatoms. The smallest absolute Gasteiger partial charge is 0.271 e. The van der Waals surface area contributed by atoms with E-state index >= 15 is 0 Å². The molecule has 0 bridgehead atoms. The highest BCUT2D eigenvalue weighted by Gasteiger charge is 2.21. The van der Waals surface area contributed by atoms with Crippen LogP contribution in [0.4, 0.5) is 17.1 Å². The topological polar surface area (TPSA) is 123 Å². The van der Waals surface area contributed by atoms with Crippen molar-refractivity contribution in [1.82, 2.24) is 4.98 Å². The average molecular weight is 455 g/mol. The van der Waals surface area contributed by atoms with Gasteiger partial charge in [0.1, 0.15) is 0 Å². The van der Waals surface area contributed by atoms with Crippen LogP contribution in [0.2, 0.25) is 0 Å². The van der Waals surface area contributed by atoms with Crippen LogP contribution in [0, 0.1) is 10.1 Å². The van der Waals surface area contributed by atoms with Crippen LogP contribution in [0.5, 0.6) is 0 Å². The molecule has 1 amide bonds. The first-order valence-corrected chi connectivity index (χ1v) is 12.1. The molecule has 1 saturated heterocycles. The third kappa shape index (κ3) is 4.40. The van der Waals surface area contributed by atoms with E-state index in [1.54, 1.807) is 18.5 Å². The molecule has 0 radical (unpaired) electrons. The standard InChI is InChI=1S/C22H22N4O5S/c1-32(30,31)17-12-15(11-16(13-17)26(28)29)22(27)24-20-5-6-21(25-9-3-2-4-10-25)18-7-8-23-14-19(18)20/h5-8,11-14H,2-4,9-10H2,1H3,(H,24,27). The number of hydrogen-bond donors (Lipinski definition) is 1. The predicted octanol–water partition coefficient (Wildman–Crippen LogP) is 3.79. The van der Waals surface area contributed by atoms with Gasteiger partial charge in [-0.25, -0.2) is 8.42 Å².